The molecule has 27 heavy (non-hydrogen) atoms. The number of piperidine rings is 1. The fraction of sp³-hybridized carbons (Fsp3) is 0.524. The molecule has 0 radical (unpaired) electrons. The Balaban J connectivity index is 1.75. The zero-order chi connectivity index (χ0) is 19.2. The van der Waals surface area contributed by atoms with Crippen molar-refractivity contribution in [3.63, 3.8) is 0 Å². The van der Waals surface area contributed by atoms with Crippen molar-refractivity contribution in [2.75, 3.05) is 42.6 Å². The molecule has 3 rings (SSSR count). The van der Waals surface area contributed by atoms with Crippen LogP contribution < -0.4 is 9.80 Å². The smallest absolute Gasteiger partial charge is 0.274 e. The summed E-state index contributed by atoms with van der Waals surface area (Å²) in [6, 6.07) is 7.71. The van der Waals surface area contributed by atoms with Gasteiger partial charge in [0, 0.05) is 44.0 Å². The topological polar surface area (TPSA) is 64.1 Å². The number of carbonyl (C=O) groups excluding carboxylic acids is 2. The van der Waals surface area contributed by atoms with Crippen molar-refractivity contribution < 1.29 is 14.7 Å². The van der Waals surface area contributed by atoms with Gasteiger partial charge in [-0.2, -0.15) is 0 Å². The zero-order valence-corrected chi connectivity index (χ0v) is 16.1. The minimum atomic E-state index is -0.0232. The van der Waals surface area contributed by atoms with Gasteiger partial charge in [-0.25, -0.2) is 0 Å². The van der Waals surface area contributed by atoms with E-state index in [9.17, 15) is 14.7 Å². The molecule has 1 N–H and O–H groups in total. The van der Waals surface area contributed by atoms with Gasteiger partial charge in [0.2, 0.25) is 5.91 Å². The van der Waals surface area contributed by atoms with Crippen molar-refractivity contribution in [1.29, 1.82) is 0 Å². The molecule has 0 bridgehead atoms. The molecule has 1 saturated heterocycles. The van der Waals surface area contributed by atoms with Gasteiger partial charge < -0.3 is 19.8 Å². The number of rotatable bonds is 7. The molecule has 1 aromatic carbocycles. The summed E-state index contributed by atoms with van der Waals surface area (Å²) in [6.45, 7) is 4.72. The Morgan fingerprint density at radius 2 is 1.70 bits per heavy atom. The van der Waals surface area contributed by atoms with E-state index in [1.54, 1.807) is 4.90 Å². The third-order valence-electron chi connectivity index (χ3n) is 5.16. The second-order valence-electron chi connectivity index (χ2n) is 7.06. The Bertz CT molecular complexity index is 693. The molecule has 146 valence electrons. The molecule has 2 aliphatic heterocycles. The third-order valence-corrected chi connectivity index (χ3v) is 5.16. The maximum absolute atomic E-state index is 13.0. The minimum Gasteiger partial charge on any atom is -0.395 e. The van der Waals surface area contributed by atoms with E-state index in [1.807, 2.05) is 40.1 Å². The van der Waals surface area contributed by atoms with Gasteiger partial charge in [-0.05, 0) is 49.9 Å². The van der Waals surface area contributed by atoms with Crippen molar-refractivity contribution in [2.24, 2.45) is 0 Å². The van der Waals surface area contributed by atoms with Crippen LogP contribution in [0.1, 0.15) is 39.0 Å². The molecular weight excluding hydrogens is 342 g/mol. The summed E-state index contributed by atoms with van der Waals surface area (Å²) in [5.74, 6) is 0.150. The first-order chi connectivity index (χ1) is 13.2. The lowest BCUT2D eigenvalue weighted by Gasteiger charge is -2.34. The van der Waals surface area contributed by atoms with Crippen LogP contribution >= 0.6 is 0 Å². The SMILES string of the molecule is CCCN(CCO)C1=CCCN(c2ccc(N3CCCCC3=O)cc2)C1=O. The standard InChI is InChI=1S/C21H29N3O3/c1-2-12-22(15-16-25)19-6-5-14-24(21(19)27)18-10-8-17(9-11-18)23-13-4-3-7-20(23)26/h6,8-11,25H,2-5,7,12-16H2,1H3. The summed E-state index contributed by atoms with van der Waals surface area (Å²) >= 11 is 0. The number of carbonyl (C=O) groups is 2. The molecule has 1 aromatic rings. The van der Waals surface area contributed by atoms with Crippen LogP contribution in [0.15, 0.2) is 36.0 Å². The van der Waals surface area contributed by atoms with Crippen LogP contribution in [0.4, 0.5) is 11.4 Å². The van der Waals surface area contributed by atoms with Crippen molar-refractivity contribution in [2.45, 2.75) is 39.0 Å². The second kappa shape index (κ2) is 9.04. The van der Waals surface area contributed by atoms with Gasteiger partial charge in [-0.15, -0.1) is 0 Å². The molecule has 6 heteroatoms. The highest BCUT2D eigenvalue weighted by atomic mass is 16.3. The summed E-state index contributed by atoms with van der Waals surface area (Å²) < 4.78 is 0. The van der Waals surface area contributed by atoms with Crippen LogP contribution in [0, 0.1) is 0 Å². The second-order valence-corrected chi connectivity index (χ2v) is 7.06. The average molecular weight is 371 g/mol. The Morgan fingerprint density at radius 1 is 1.00 bits per heavy atom. The third kappa shape index (κ3) is 4.33. The van der Waals surface area contributed by atoms with Crippen molar-refractivity contribution in [3.05, 3.63) is 36.0 Å². The molecule has 1 fully saturated rings. The molecule has 2 amide bonds. The number of nitrogens with zero attached hydrogens (tertiary/aromatic N) is 3. The summed E-state index contributed by atoms with van der Waals surface area (Å²) in [5, 5.41) is 9.31. The fourth-order valence-electron chi connectivity index (χ4n) is 3.80. The van der Waals surface area contributed by atoms with Gasteiger partial charge in [-0.3, -0.25) is 9.59 Å². The minimum absolute atomic E-state index is 0.0232. The summed E-state index contributed by atoms with van der Waals surface area (Å²) in [6.07, 6.45) is 6.29. The van der Waals surface area contributed by atoms with Gasteiger partial charge >= 0.3 is 0 Å². The Labute approximate surface area is 161 Å². The van der Waals surface area contributed by atoms with E-state index in [1.165, 1.54) is 0 Å². The number of aliphatic hydroxyl groups is 1. The van der Waals surface area contributed by atoms with E-state index in [0.29, 0.717) is 25.2 Å². The van der Waals surface area contributed by atoms with Gasteiger partial charge in [0.05, 0.1) is 12.3 Å². The molecule has 0 atom stereocenters. The lowest BCUT2D eigenvalue weighted by Crippen LogP contribution is -2.43. The van der Waals surface area contributed by atoms with Gasteiger partial charge in [-0.1, -0.05) is 13.0 Å². The van der Waals surface area contributed by atoms with Gasteiger partial charge in [0.15, 0.2) is 0 Å². The Morgan fingerprint density at radius 3 is 2.33 bits per heavy atom. The zero-order valence-electron chi connectivity index (χ0n) is 16.1. The normalized spacial score (nSPS) is 17.9. The van der Waals surface area contributed by atoms with E-state index in [0.717, 1.165) is 50.1 Å². The van der Waals surface area contributed by atoms with Crippen LogP contribution in [0.5, 0.6) is 0 Å². The number of hydrogen-bond acceptors (Lipinski definition) is 4. The van der Waals surface area contributed by atoms with E-state index in [4.69, 9.17) is 0 Å². The van der Waals surface area contributed by atoms with E-state index >= 15 is 0 Å². The predicted octanol–water partition coefficient (Wildman–Crippen LogP) is 2.53. The first-order valence-corrected chi connectivity index (χ1v) is 9.94. The summed E-state index contributed by atoms with van der Waals surface area (Å²) in [5.41, 5.74) is 2.42. The van der Waals surface area contributed by atoms with Crippen LogP contribution in [0.25, 0.3) is 0 Å². The fourth-order valence-corrected chi connectivity index (χ4v) is 3.80. The molecule has 0 unspecified atom stereocenters. The van der Waals surface area contributed by atoms with Crippen LogP contribution in [-0.2, 0) is 9.59 Å². The van der Waals surface area contributed by atoms with Gasteiger partial charge in [0.1, 0.15) is 0 Å². The number of benzene rings is 1. The van der Waals surface area contributed by atoms with E-state index in [2.05, 4.69) is 6.92 Å². The summed E-state index contributed by atoms with van der Waals surface area (Å²) in [7, 11) is 0. The highest BCUT2D eigenvalue weighted by Crippen LogP contribution is 2.27. The predicted molar refractivity (Wildman–Crippen MR) is 107 cm³/mol. The molecule has 2 aliphatic rings. The van der Waals surface area contributed by atoms with E-state index in [-0.39, 0.29) is 18.4 Å². The maximum Gasteiger partial charge on any atom is 0.274 e. The lowest BCUT2D eigenvalue weighted by molar-refractivity contribution is -0.119. The molecule has 0 aromatic heterocycles. The number of hydrogen-bond donors (Lipinski definition) is 1. The van der Waals surface area contributed by atoms with Crippen molar-refractivity contribution >= 4 is 23.2 Å². The highest BCUT2D eigenvalue weighted by molar-refractivity contribution is 6.06. The molecule has 6 nitrogen and oxygen atoms in total. The first-order valence-electron chi connectivity index (χ1n) is 9.94. The lowest BCUT2D eigenvalue weighted by atomic mass is 10.1. The maximum atomic E-state index is 13.0. The quantitative estimate of drug-likeness (QED) is 0.800. The molecule has 0 saturated carbocycles. The Hall–Kier alpha value is -2.34. The van der Waals surface area contributed by atoms with Crippen molar-refractivity contribution in [1.82, 2.24) is 4.90 Å². The Kier molecular flexibility index (Phi) is 6.50. The number of amides is 2. The number of anilines is 2. The van der Waals surface area contributed by atoms with Crippen LogP contribution in [-0.4, -0.2) is 54.6 Å². The van der Waals surface area contributed by atoms with E-state index < -0.39 is 0 Å². The number of aliphatic hydroxyl groups excluding tert-OH is 1. The highest BCUT2D eigenvalue weighted by Gasteiger charge is 2.27. The molecule has 2 heterocycles. The van der Waals surface area contributed by atoms with Gasteiger partial charge in [0.25, 0.3) is 5.91 Å². The monoisotopic (exact) mass is 371 g/mol. The molecule has 0 spiro atoms. The largest absolute Gasteiger partial charge is 0.395 e. The molecule has 0 aliphatic carbocycles. The van der Waals surface area contributed by atoms with Crippen molar-refractivity contribution in [3.8, 4) is 0 Å². The van der Waals surface area contributed by atoms with Crippen LogP contribution in [0.3, 0.4) is 0 Å². The first kappa shape index (κ1) is 19.4. The van der Waals surface area contributed by atoms with Crippen LogP contribution in [0.2, 0.25) is 0 Å². The average Bonchev–Trinajstić information content (AvgIpc) is 2.69. The molecular formula is C21H29N3O3. The summed E-state index contributed by atoms with van der Waals surface area (Å²) in [4.78, 5) is 30.7.